The highest BCUT2D eigenvalue weighted by atomic mass is 28.4. The molecule has 0 aromatic heterocycles. The quantitative estimate of drug-likeness (QED) is 0.207. The number of rotatable bonds is 7. The molecule has 2 fully saturated rings. The first-order valence-corrected chi connectivity index (χ1v) is 18.0. The Labute approximate surface area is 269 Å². The molecule has 6 heteroatoms. The van der Waals surface area contributed by atoms with E-state index >= 15 is 0 Å². The molecule has 0 N–H and O–H groups in total. The standard InChI is InChI=1S/C39H45NO4Si/c1-38(2,3)45(32-22-14-8-15-23-32,33-24-16-9-17-25-33)44-31-26-34(29-18-10-6-11-19-29)40(37(41)30-20-12-7-13-21-30)35(27-31)36-28-42-39(4,5)43-36/h6-25,31,34-36H,26-28H2,1-5H3/t31-,34-,35+,36-/m1/s1. The molecule has 0 radical (unpaired) electrons. The molecule has 2 aliphatic rings. The molecule has 1 amide bonds. The third-order valence-corrected chi connectivity index (χ3v) is 14.4. The predicted octanol–water partition coefficient (Wildman–Crippen LogP) is 7.13. The summed E-state index contributed by atoms with van der Waals surface area (Å²) in [7, 11) is -2.85. The first kappa shape index (κ1) is 31.4. The molecular weight excluding hydrogens is 575 g/mol. The van der Waals surface area contributed by atoms with Gasteiger partial charge in [-0.25, -0.2) is 0 Å². The lowest BCUT2D eigenvalue weighted by atomic mass is 9.86. The number of ether oxygens (including phenoxy) is 2. The fraction of sp³-hybridized carbons (Fsp3) is 0.359. The fourth-order valence-electron chi connectivity index (χ4n) is 7.34. The van der Waals surface area contributed by atoms with Crippen LogP contribution < -0.4 is 10.4 Å². The van der Waals surface area contributed by atoms with Crippen molar-refractivity contribution in [1.82, 2.24) is 4.90 Å². The highest BCUT2D eigenvalue weighted by Gasteiger charge is 2.54. The Balaban J connectivity index is 1.48. The molecule has 4 atom stereocenters. The van der Waals surface area contributed by atoms with Crippen LogP contribution >= 0.6 is 0 Å². The van der Waals surface area contributed by atoms with Gasteiger partial charge in [0.25, 0.3) is 14.2 Å². The number of amides is 1. The molecule has 5 nitrogen and oxygen atoms in total. The van der Waals surface area contributed by atoms with Crippen LogP contribution in [0.25, 0.3) is 0 Å². The van der Waals surface area contributed by atoms with E-state index in [0.717, 1.165) is 5.56 Å². The molecular formula is C39H45NO4Si. The van der Waals surface area contributed by atoms with E-state index < -0.39 is 14.1 Å². The van der Waals surface area contributed by atoms with Gasteiger partial charge in [0.1, 0.15) is 6.10 Å². The highest BCUT2D eigenvalue weighted by molar-refractivity contribution is 6.99. The molecule has 2 heterocycles. The summed E-state index contributed by atoms with van der Waals surface area (Å²) in [5.74, 6) is -0.716. The van der Waals surface area contributed by atoms with Crippen LogP contribution in [0.2, 0.25) is 5.04 Å². The number of carbonyl (C=O) groups excluding carboxylic acids is 1. The Morgan fingerprint density at radius 2 is 1.29 bits per heavy atom. The van der Waals surface area contributed by atoms with Gasteiger partial charge in [-0.3, -0.25) is 4.79 Å². The molecule has 2 saturated heterocycles. The van der Waals surface area contributed by atoms with Crippen molar-refractivity contribution < 1.29 is 18.7 Å². The summed E-state index contributed by atoms with van der Waals surface area (Å²) in [5, 5.41) is 2.33. The first-order chi connectivity index (χ1) is 21.6. The van der Waals surface area contributed by atoms with Crippen LogP contribution in [0.3, 0.4) is 0 Å². The second-order valence-corrected chi connectivity index (χ2v) is 18.1. The Bertz CT molecular complexity index is 1520. The molecule has 0 unspecified atom stereocenters. The second kappa shape index (κ2) is 12.7. The summed E-state index contributed by atoms with van der Waals surface area (Å²) >= 11 is 0. The fourth-order valence-corrected chi connectivity index (χ4v) is 12.0. The van der Waals surface area contributed by atoms with Gasteiger partial charge in [-0.1, -0.05) is 130 Å². The number of benzene rings is 4. The Morgan fingerprint density at radius 1 is 0.778 bits per heavy atom. The van der Waals surface area contributed by atoms with Gasteiger partial charge in [-0.2, -0.15) is 0 Å². The van der Waals surface area contributed by atoms with E-state index in [2.05, 4.69) is 111 Å². The summed E-state index contributed by atoms with van der Waals surface area (Å²) in [6.45, 7) is 11.3. The van der Waals surface area contributed by atoms with E-state index in [0.29, 0.717) is 25.0 Å². The monoisotopic (exact) mass is 619 g/mol. The van der Waals surface area contributed by atoms with Crippen molar-refractivity contribution in [3.8, 4) is 0 Å². The molecule has 4 aromatic carbocycles. The number of hydrogen-bond acceptors (Lipinski definition) is 4. The van der Waals surface area contributed by atoms with E-state index in [4.69, 9.17) is 13.9 Å². The highest BCUT2D eigenvalue weighted by Crippen LogP contribution is 2.44. The third kappa shape index (κ3) is 6.30. The molecule has 6 rings (SSSR count). The van der Waals surface area contributed by atoms with Crippen LogP contribution in [-0.2, 0) is 13.9 Å². The van der Waals surface area contributed by atoms with Crippen LogP contribution in [0.15, 0.2) is 121 Å². The van der Waals surface area contributed by atoms with Crippen LogP contribution in [0, 0.1) is 0 Å². The largest absolute Gasteiger partial charge is 0.404 e. The molecule has 0 spiro atoms. The van der Waals surface area contributed by atoms with E-state index in [9.17, 15) is 4.79 Å². The normalized spacial score (nSPS) is 23.5. The summed E-state index contributed by atoms with van der Waals surface area (Å²) in [5.41, 5.74) is 1.77. The van der Waals surface area contributed by atoms with Gasteiger partial charge < -0.3 is 18.8 Å². The van der Waals surface area contributed by atoms with E-state index in [1.54, 1.807) is 0 Å². The molecule has 0 aliphatic carbocycles. The minimum absolute atomic E-state index is 0.00616. The Hall–Kier alpha value is -3.55. The minimum Gasteiger partial charge on any atom is -0.404 e. The van der Waals surface area contributed by atoms with Crippen molar-refractivity contribution in [2.75, 3.05) is 6.61 Å². The molecule has 234 valence electrons. The predicted molar refractivity (Wildman–Crippen MR) is 182 cm³/mol. The van der Waals surface area contributed by atoms with Crippen LogP contribution in [0.5, 0.6) is 0 Å². The van der Waals surface area contributed by atoms with E-state index in [-0.39, 0.29) is 35.2 Å². The van der Waals surface area contributed by atoms with Gasteiger partial charge in [0, 0.05) is 5.56 Å². The van der Waals surface area contributed by atoms with Crippen molar-refractivity contribution in [1.29, 1.82) is 0 Å². The van der Waals surface area contributed by atoms with Crippen molar-refractivity contribution in [3.05, 3.63) is 132 Å². The number of nitrogens with zero attached hydrogens (tertiary/aromatic N) is 1. The SMILES string of the molecule is CC1(C)OC[C@H]([C@@H]2C[C@H](O[Si](c3ccccc3)(c3ccccc3)C(C)(C)C)C[C@H](c3ccccc3)N2C(=O)c2ccccc2)O1. The summed E-state index contributed by atoms with van der Waals surface area (Å²) in [6.07, 6.45) is 0.917. The van der Waals surface area contributed by atoms with Gasteiger partial charge in [0.05, 0.1) is 24.8 Å². The van der Waals surface area contributed by atoms with Crippen LogP contribution in [-0.4, -0.2) is 49.8 Å². The maximum Gasteiger partial charge on any atom is 0.261 e. The van der Waals surface area contributed by atoms with Gasteiger partial charge in [0.15, 0.2) is 5.79 Å². The molecule has 2 aliphatic heterocycles. The molecule has 0 bridgehead atoms. The zero-order valence-corrected chi connectivity index (χ0v) is 28.1. The average Bonchev–Trinajstić information content (AvgIpc) is 3.43. The second-order valence-electron chi connectivity index (χ2n) is 13.8. The van der Waals surface area contributed by atoms with Crippen LogP contribution in [0.4, 0.5) is 0 Å². The van der Waals surface area contributed by atoms with Crippen molar-refractivity contribution in [3.63, 3.8) is 0 Å². The van der Waals surface area contributed by atoms with Crippen molar-refractivity contribution in [2.24, 2.45) is 0 Å². The maximum atomic E-state index is 14.5. The Kier molecular flexibility index (Phi) is 8.86. The number of hydrogen-bond donors (Lipinski definition) is 0. The third-order valence-electron chi connectivity index (χ3n) is 9.34. The van der Waals surface area contributed by atoms with Crippen molar-refractivity contribution in [2.45, 2.75) is 82.6 Å². The van der Waals surface area contributed by atoms with Gasteiger partial charge in [0.2, 0.25) is 0 Å². The zero-order chi connectivity index (χ0) is 31.7. The molecule has 4 aromatic rings. The summed E-state index contributed by atoms with van der Waals surface area (Å²) < 4.78 is 20.4. The number of piperidine rings is 1. The lowest BCUT2D eigenvalue weighted by Crippen LogP contribution is -2.69. The maximum absolute atomic E-state index is 14.5. The van der Waals surface area contributed by atoms with Gasteiger partial charge >= 0.3 is 0 Å². The summed E-state index contributed by atoms with van der Waals surface area (Å²) in [6, 6.07) is 41.2. The van der Waals surface area contributed by atoms with Crippen molar-refractivity contribution >= 4 is 24.6 Å². The Morgan fingerprint density at radius 3 is 1.78 bits per heavy atom. The zero-order valence-electron chi connectivity index (χ0n) is 27.1. The van der Waals surface area contributed by atoms with E-state index in [1.165, 1.54) is 10.4 Å². The first-order valence-electron chi connectivity index (χ1n) is 16.1. The number of likely N-dealkylation sites (tertiary alicyclic amines) is 1. The molecule has 0 saturated carbocycles. The minimum atomic E-state index is -2.85. The van der Waals surface area contributed by atoms with E-state index in [1.807, 2.05) is 50.2 Å². The lowest BCUT2D eigenvalue weighted by Gasteiger charge is -2.51. The topological polar surface area (TPSA) is 48.0 Å². The van der Waals surface area contributed by atoms with Gasteiger partial charge in [-0.05, 0) is 59.8 Å². The average molecular weight is 620 g/mol. The van der Waals surface area contributed by atoms with Gasteiger partial charge in [-0.15, -0.1) is 0 Å². The lowest BCUT2D eigenvalue weighted by molar-refractivity contribution is -0.150. The summed E-state index contributed by atoms with van der Waals surface area (Å²) in [4.78, 5) is 16.6. The van der Waals surface area contributed by atoms with Crippen LogP contribution in [0.1, 0.15) is 69.4 Å². The number of carbonyl (C=O) groups is 1. The smallest absolute Gasteiger partial charge is 0.261 e. The molecule has 45 heavy (non-hydrogen) atoms.